The van der Waals surface area contributed by atoms with Crippen LogP contribution in [0.3, 0.4) is 0 Å². The topological polar surface area (TPSA) is 64.0 Å². The van der Waals surface area contributed by atoms with Gasteiger partial charge in [0.05, 0.1) is 23.3 Å². The van der Waals surface area contributed by atoms with Gasteiger partial charge in [0.2, 0.25) is 5.91 Å². The van der Waals surface area contributed by atoms with Gasteiger partial charge in [-0.15, -0.1) is 0 Å². The lowest BCUT2D eigenvalue weighted by Crippen LogP contribution is -2.35. The second-order valence-electron chi connectivity index (χ2n) is 7.45. The first-order chi connectivity index (χ1) is 14.5. The van der Waals surface area contributed by atoms with E-state index < -0.39 is 0 Å². The molecule has 3 aromatic carbocycles. The van der Waals surface area contributed by atoms with Crippen LogP contribution >= 0.6 is 0 Å². The summed E-state index contributed by atoms with van der Waals surface area (Å²) in [5.41, 5.74) is 4.75. The maximum absolute atomic E-state index is 12.9. The summed E-state index contributed by atoms with van der Waals surface area (Å²) < 4.78 is 1.35. The van der Waals surface area contributed by atoms with Crippen molar-refractivity contribution in [2.45, 2.75) is 26.4 Å². The van der Waals surface area contributed by atoms with E-state index in [1.54, 1.807) is 18.2 Å². The quantitative estimate of drug-likeness (QED) is 0.555. The number of para-hydroxylation sites is 1. The van der Waals surface area contributed by atoms with E-state index in [0.717, 1.165) is 16.7 Å². The molecule has 0 fully saturated rings. The van der Waals surface area contributed by atoms with Gasteiger partial charge < -0.3 is 5.32 Å². The van der Waals surface area contributed by atoms with E-state index in [1.165, 1.54) is 16.5 Å². The first-order valence-corrected chi connectivity index (χ1v) is 9.88. The van der Waals surface area contributed by atoms with Crippen LogP contribution < -0.4 is 10.9 Å². The number of nitrogens with one attached hydrogen (secondary N) is 1. The highest BCUT2D eigenvalue weighted by molar-refractivity contribution is 5.79. The molecule has 5 nitrogen and oxygen atoms in total. The number of carbonyl (C=O) groups excluding carboxylic acids is 1. The van der Waals surface area contributed by atoms with Crippen LogP contribution in [-0.2, 0) is 11.3 Å². The number of aryl methyl sites for hydroxylation is 2. The molecule has 0 bridgehead atoms. The minimum Gasteiger partial charge on any atom is -0.344 e. The van der Waals surface area contributed by atoms with Crippen molar-refractivity contribution in [3.8, 4) is 0 Å². The number of hydrogen-bond acceptors (Lipinski definition) is 3. The summed E-state index contributed by atoms with van der Waals surface area (Å²) in [5, 5.41) is 3.60. The van der Waals surface area contributed by atoms with Crippen LogP contribution in [0.2, 0.25) is 0 Å². The van der Waals surface area contributed by atoms with Crippen LogP contribution in [0, 0.1) is 13.8 Å². The zero-order chi connectivity index (χ0) is 21.1. The molecule has 0 saturated heterocycles. The summed E-state index contributed by atoms with van der Waals surface area (Å²) in [6, 6.07) is 22.8. The van der Waals surface area contributed by atoms with Crippen LogP contribution in [0.25, 0.3) is 10.9 Å². The summed E-state index contributed by atoms with van der Waals surface area (Å²) in [7, 11) is 0. The van der Waals surface area contributed by atoms with Crippen molar-refractivity contribution in [3.63, 3.8) is 0 Å². The summed E-state index contributed by atoms with van der Waals surface area (Å²) in [5.74, 6) is -0.249. The molecule has 0 aliphatic rings. The predicted octanol–water partition coefficient (Wildman–Crippen LogP) is 3.92. The lowest BCUT2D eigenvalue weighted by molar-refractivity contribution is -0.122. The summed E-state index contributed by atoms with van der Waals surface area (Å²) in [6.45, 7) is 4.03. The lowest BCUT2D eigenvalue weighted by atomic mass is 9.95. The number of carbonyl (C=O) groups is 1. The van der Waals surface area contributed by atoms with Gasteiger partial charge >= 0.3 is 0 Å². The Morgan fingerprint density at radius 1 is 0.933 bits per heavy atom. The fraction of sp³-hybridized carbons (Fsp3) is 0.160. The van der Waals surface area contributed by atoms with E-state index in [4.69, 9.17) is 0 Å². The Morgan fingerprint density at radius 3 is 2.43 bits per heavy atom. The molecule has 1 aromatic heterocycles. The number of nitrogens with zero attached hydrogens (tertiary/aromatic N) is 2. The van der Waals surface area contributed by atoms with Crippen molar-refractivity contribution in [3.05, 3.63) is 112 Å². The first-order valence-electron chi connectivity index (χ1n) is 9.88. The van der Waals surface area contributed by atoms with Gasteiger partial charge in [0, 0.05) is 0 Å². The average Bonchev–Trinajstić information content (AvgIpc) is 2.77. The number of benzene rings is 3. The predicted molar refractivity (Wildman–Crippen MR) is 118 cm³/mol. The van der Waals surface area contributed by atoms with Crippen molar-refractivity contribution in [2.75, 3.05) is 0 Å². The third kappa shape index (κ3) is 4.01. The zero-order valence-corrected chi connectivity index (χ0v) is 17.0. The average molecular weight is 397 g/mol. The van der Waals surface area contributed by atoms with Crippen LogP contribution in [0.1, 0.15) is 28.3 Å². The Balaban J connectivity index is 1.63. The smallest absolute Gasteiger partial charge is 0.261 e. The molecule has 0 aliphatic heterocycles. The third-order valence-corrected chi connectivity index (χ3v) is 5.35. The Kier molecular flexibility index (Phi) is 5.44. The molecule has 30 heavy (non-hydrogen) atoms. The van der Waals surface area contributed by atoms with E-state index in [9.17, 15) is 9.59 Å². The number of hydrogen-bond donors (Lipinski definition) is 1. The largest absolute Gasteiger partial charge is 0.344 e. The highest BCUT2D eigenvalue weighted by Gasteiger charge is 2.18. The normalized spacial score (nSPS) is 11.9. The molecule has 4 rings (SSSR count). The zero-order valence-electron chi connectivity index (χ0n) is 17.0. The van der Waals surface area contributed by atoms with E-state index in [-0.39, 0.29) is 24.1 Å². The summed E-state index contributed by atoms with van der Waals surface area (Å²) in [4.78, 5) is 29.9. The van der Waals surface area contributed by atoms with Gasteiger partial charge in [0.15, 0.2) is 0 Å². The Labute approximate surface area is 175 Å². The maximum Gasteiger partial charge on any atom is 0.261 e. The van der Waals surface area contributed by atoms with Gasteiger partial charge in [0.25, 0.3) is 5.56 Å². The molecular formula is C25H23N3O2. The minimum atomic E-state index is -0.304. The van der Waals surface area contributed by atoms with Gasteiger partial charge in [0.1, 0.15) is 6.54 Å². The van der Waals surface area contributed by atoms with Crippen LogP contribution in [0.5, 0.6) is 0 Å². The van der Waals surface area contributed by atoms with E-state index in [1.807, 2.05) is 42.5 Å². The first kappa shape index (κ1) is 19.6. The highest BCUT2D eigenvalue weighted by atomic mass is 16.2. The van der Waals surface area contributed by atoms with E-state index in [0.29, 0.717) is 10.9 Å². The molecule has 1 N–H and O–H groups in total. The molecule has 0 radical (unpaired) electrons. The van der Waals surface area contributed by atoms with Crippen molar-refractivity contribution >= 4 is 16.8 Å². The number of aromatic nitrogens is 2. The lowest BCUT2D eigenvalue weighted by Gasteiger charge is -2.21. The highest BCUT2D eigenvalue weighted by Crippen LogP contribution is 2.24. The molecule has 0 aliphatic carbocycles. The van der Waals surface area contributed by atoms with E-state index in [2.05, 4.69) is 36.3 Å². The molecule has 1 unspecified atom stereocenters. The van der Waals surface area contributed by atoms with Gasteiger partial charge in [-0.1, -0.05) is 60.7 Å². The molecule has 1 atom stereocenters. The minimum absolute atomic E-state index is 0.0924. The molecule has 0 spiro atoms. The molecule has 5 heteroatoms. The van der Waals surface area contributed by atoms with Crippen molar-refractivity contribution in [1.82, 2.24) is 14.9 Å². The fourth-order valence-corrected chi connectivity index (χ4v) is 3.53. The van der Waals surface area contributed by atoms with Gasteiger partial charge in [-0.3, -0.25) is 14.2 Å². The molecule has 1 heterocycles. The number of amides is 1. The standard InChI is InChI=1S/C25H23N3O2/c1-17-12-13-20(14-18(17)2)24(19-8-4-3-5-9-19)27-23(29)15-28-16-26-22-11-7-6-10-21(22)25(28)30/h3-14,16,24H,15H2,1-2H3,(H,27,29). The molecule has 1 amide bonds. The summed E-state index contributed by atoms with van der Waals surface area (Å²) >= 11 is 0. The molecule has 0 saturated carbocycles. The van der Waals surface area contributed by atoms with Crippen LogP contribution in [-0.4, -0.2) is 15.5 Å². The van der Waals surface area contributed by atoms with Crippen molar-refractivity contribution in [1.29, 1.82) is 0 Å². The monoisotopic (exact) mass is 397 g/mol. The van der Waals surface area contributed by atoms with Gasteiger partial charge in [-0.25, -0.2) is 4.98 Å². The van der Waals surface area contributed by atoms with Crippen LogP contribution in [0.15, 0.2) is 83.9 Å². The number of rotatable bonds is 5. The van der Waals surface area contributed by atoms with Crippen molar-refractivity contribution in [2.24, 2.45) is 0 Å². The van der Waals surface area contributed by atoms with Gasteiger partial charge in [-0.2, -0.15) is 0 Å². The van der Waals surface area contributed by atoms with Crippen LogP contribution in [0.4, 0.5) is 0 Å². The SMILES string of the molecule is Cc1ccc(C(NC(=O)Cn2cnc3ccccc3c2=O)c2ccccc2)cc1C. The van der Waals surface area contributed by atoms with E-state index >= 15 is 0 Å². The third-order valence-electron chi connectivity index (χ3n) is 5.35. The number of fused-ring (bicyclic) bond motifs is 1. The molecular weight excluding hydrogens is 374 g/mol. The molecule has 150 valence electrons. The fourth-order valence-electron chi connectivity index (χ4n) is 3.53. The molecule has 4 aromatic rings. The van der Waals surface area contributed by atoms with Crippen molar-refractivity contribution < 1.29 is 4.79 Å². The maximum atomic E-state index is 12.9. The van der Waals surface area contributed by atoms with Gasteiger partial charge in [-0.05, 0) is 48.2 Å². The Morgan fingerprint density at radius 2 is 1.67 bits per heavy atom. The Hall–Kier alpha value is -3.73. The summed E-state index contributed by atoms with van der Waals surface area (Å²) in [6.07, 6.45) is 1.43. The second-order valence-corrected chi connectivity index (χ2v) is 7.45. The second kappa shape index (κ2) is 8.33. The Bertz CT molecular complexity index is 1260.